The van der Waals surface area contributed by atoms with Crippen molar-refractivity contribution in [1.82, 2.24) is 10.2 Å². The van der Waals surface area contributed by atoms with Crippen molar-refractivity contribution in [1.29, 1.82) is 0 Å². The SMILES string of the molecule is Cc1ccc(C)c(C(O)CN2CCNCC2)c1O. The van der Waals surface area contributed by atoms with Crippen LogP contribution in [-0.2, 0) is 0 Å². The van der Waals surface area contributed by atoms with Crippen LogP contribution in [0.25, 0.3) is 0 Å². The number of phenols is 1. The van der Waals surface area contributed by atoms with Crippen LogP contribution in [0.15, 0.2) is 12.1 Å². The molecule has 0 aromatic heterocycles. The Bertz CT molecular complexity index is 415. The summed E-state index contributed by atoms with van der Waals surface area (Å²) >= 11 is 0. The Kier molecular flexibility index (Phi) is 4.22. The summed E-state index contributed by atoms with van der Waals surface area (Å²) in [5.41, 5.74) is 2.43. The van der Waals surface area contributed by atoms with E-state index < -0.39 is 6.10 Å². The van der Waals surface area contributed by atoms with Crippen LogP contribution in [0.5, 0.6) is 5.75 Å². The molecule has 1 aliphatic rings. The van der Waals surface area contributed by atoms with E-state index in [1.807, 2.05) is 26.0 Å². The first-order chi connectivity index (χ1) is 8.59. The maximum atomic E-state index is 10.3. The number of aromatic hydroxyl groups is 1. The second-order valence-corrected chi connectivity index (χ2v) is 5.03. The van der Waals surface area contributed by atoms with Crippen molar-refractivity contribution in [3.05, 3.63) is 28.8 Å². The van der Waals surface area contributed by atoms with Gasteiger partial charge in [0, 0.05) is 38.3 Å². The number of rotatable bonds is 3. The van der Waals surface area contributed by atoms with E-state index in [0.29, 0.717) is 12.1 Å². The van der Waals surface area contributed by atoms with Crippen LogP contribution in [0, 0.1) is 13.8 Å². The van der Waals surface area contributed by atoms with E-state index in [9.17, 15) is 10.2 Å². The molecular formula is C14H22N2O2. The smallest absolute Gasteiger partial charge is 0.124 e. The van der Waals surface area contributed by atoms with E-state index in [1.165, 1.54) is 0 Å². The van der Waals surface area contributed by atoms with Gasteiger partial charge in [-0.15, -0.1) is 0 Å². The van der Waals surface area contributed by atoms with Crippen LogP contribution in [0.1, 0.15) is 22.8 Å². The molecule has 0 spiro atoms. The van der Waals surface area contributed by atoms with Crippen LogP contribution in [0.3, 0.4) is 0 Å². The summed E-state index contributed by atoms with van der Waals surface area (Å²) in [6.07, 6.45) is -0.622. The van der Waals surface area contributed by atoms with Gasteiger partial charge in [-0.05, 0) is 25.0 Å². The molecule has 1 aromatic rings. The van der Waals surface area contributed by atoms with Crippen molar-refractivity contribution in [2.24, 2.45) is 0 Å². The second-order valence-electron chi connectivity index (χ2n) is 5.03. The van der Waals surface area contributed by atoms with Gasteiger partial charge in [0.05, 0.1) is 6.10 Å². The van der Waals surface area contributed by atoms with Crippen molar-refractivity contribution in [3.8, 4) is 5.75 Å². The van der Waals surface area contributed by atoms with Gasteiger partial charge in [-0.25, -0.2) is 0 Å². The third kappa shape index (κ3) is 2.83. The van der Waals surface area contributed by atoms with Crippen LogP contribution in [-0.4, -0.2) is 47.8 Å². The lowest BCUT2D eigenvalue weighted by Crippen LogP contribution is -2.45. The summed E-state index contributed by atoms with van der Waals surface area (Å²) in [6, 6.07) is 3.83. The molecule has 1 aromatic carbocycles. The number of hydrogen-bond acceptors (Lipinski definition) is 4. The first-order valence-corrected chi connectivity index (χ1v) is 6.50. The lowest BCUT2D eigenvalue weighted by atomic mass is 9.98. The fraction of sp³-hybridized carbons (Fsp3) is 0.571. The summed E-state index contributed by atoms with van der Waals surface area (Å²) in [4.78, 5) is 2.22. The molecule has 4 heteroatoms. The standard InChI is InChI=1S/C14H22N2O2/c1-10-3-4-11(2)14(18)13(10)12(17)9-16-7-5-15-6-8-16/h3-4,12,15,17-18H,5-9H2,1-2H3. The lowest BCUT2D eigenvalue weighted by molar-refractivity contribution is 0.103. The monoisotopic (exact) mass is 250 g/mol. The van der Waals surface area contributed by atoms with Gasteiger partial charge in [-0.2, -0.15) is 0 Å². The van der Waals surface area contributed by atoms with E-state index in [2.05, 4.69) is 10.2 Å². The van der Waals surface area contributed by atoms with Gasteiger partial charge in [0.1, 0.15) is 5.75 Å². The van der Waals surface area contributed by atoms with E-state index in [1.54, 1.807) is 0 Å². The molecule has 3 N–H and O–H groups in total. The first-order valence-electron chi connectivity index (χ1n) is 6.50. The van der Waals surface area contributed by atoms with E-state index >= 15 is 0 Å². The topological polar surface area (TPSA) is 55.7 Å². The Morgan fingerprint density at radius 3 is 2.50 bits per heavy atom. The van der Waals surface area contributed by atoms with Crippen molar-refractivity contribution in [2.45, 2.75) is 20.0 Å². The van der Waals surface area contributed by atoms with Crippen molar-refractivity contribution >= 4 is 0 Å². The molecule has 0 saturated carbocycles. The maximum absolute atomic E-state index is 10.3. The van der Waals surface area contributed by atoms with Crippen molar-refractivity contribution < 1.29 is 10.2 Å². The van der Waals surface area contributed by atoms with Crippen LogP contribution >= 0.6 is 0 Å². The molecule has 1 saturated heterocycles. The molecule has 1 aliphatic heterocycles. The zero-order chi connectivity index (χ0) is 13.1. The lowest BCUT2D eigenvalue weighted by Gasteiger charge is -2.29. The minimum Gasteiger partial charge on any atom is -0.507 e. The molecule has 1 unspecified atom stereocenters. The number of aliphatic hydroxyl groups excluding tert-OH is 1. The average molecular weight is 250 g/mol. The molecule has 2 rings (SSSR count). The summed E-state index contributed by atoms with van der Waals surface area (Å²) in [5, 5.41) is 23.7. The molecule has 1 atom stereocenters. The second kappa shape index (κ2) is 5.69. The number of phenolic OH excluding ortho intramolecular Hbond substituents is 1. The third-order valence-corrected chi connectivity index (χ3v) is 3.61. The Balaban J connectivity index is 2.12. The fourth-order valence-corrected chi connectivity index (χ4v) is 2.47. The molecule has 0 aliphatic carbocycles. The summed E-state index contributed by atoms with van der Waals surface area (Å²) < 4.78 is 0. The molecule has 18 heavy (non-hydrogen) atoms. The summed E-state index contributed by atoms with van der Waals surface area (Å²) in [7, 11) is 0. The largest absolute Gasteiger partial charge is 0.507 e. The summed E-state index contributed by atoms with van der Waals surface area (Å²) in [6.45, 7) is 8.19. The van der Waals surface area contributed by atoms with Gasteiger partial charge in [0.2, 0.25) is 0 Å². The average Bonchev–Trinajstić information content (AvgIpc) is 2.36. The first kappa shape index (κ1) is 13.3. The Morgan fingerprint density at radius 2 is 1.83 bits per heavy atom. The molecule has 0 bridgehead atoms. The zero-order valence-corrected chi connectivity index (χ0v) is 11.1. The van der Waals surface area contributed by atoms with Crippen LogP contribution < -0.4 is 5.32 Å². The van der Waals surface area contributed by atoms with Gasteiger partial charge in [0.25, 0.3) is 0 Å². The quantitative estimate of drug-likeness (QED) is 0.747. The predicted octanol–water partition coefficient (Wildman–Crippen LogP) is 0.948. The minimum absolute atomic E-state index is 0.234. The number of nitrogens with one attached hydrogen (secondary N) is 1. The molecule has 0 amide bonds. The normalized spacial score (nSPS) is 18.8. The molecule has 1 heterocycles. The van der Waals surface area contributed by atoms with Gasteiger partial charge in [0.15, 0.2) is 0 Å². The Morgan fingerprint density at radius 1 is 1.22 bits per heavy atom. The number of piperazine rings is 1. The maximum Gasteiger partial charge on any atom is 0.124 e. The van der Waals surface area contributed by atoms with E-state index in [-0.39, 0.29) is 5.75 Å². The number of aliphatic hydroxyl groups is 1. The fourth-order valence-electron chi connectivity index (χ4n) is 2.47. The number of hydrogen-bond donors (Lipinski definition) is 3. The van der Waals surface area contributed by atoms with E-state index in [0.717, 1.165) is 37.3 Å². The minimum atomic E-state index is -0.622. The number of benzene rings is 1. The molecule has 4 nitrogen and oxygen atoms in total. The summed E-state index contributed by atoms with van der Waals surface area (Å²) in [5.74, 6) is 0.234. The predicted molar refractivity (Wildman–Crippen MR) is 71.9 cm³/mol. The van der Waals surface area contributed by atoms with Crippen LogP contribution in [0.2, 0.25) is 0 Å². The number of nitrogens with zero attached hydrogens (tertiary/aromatic N) is 1. The highest BCUT2D eigenvalue weighted by Crippen LogP contribution is 2.31. The highest BCUT2D eigenvalue weighted by atomic mass is 16.3. The van der Waals surface area contributed by atoms with Crippen molar-refractivity contribution in [2.75, 3.05) is 32.7 Å². The van der Waals surface area contributed by atoms with Gasteiger partial charge in [-0.3, -0.25) is 4.90 Å². The Labute approximate surface area is 108 Å². The van der Waals surface area contributed by atoms with Crippen LogP contribution in [0.4, 0.5) is 0 Å². The molecule has 1 fully saturated rings. The highest BCUT2D eigenvalue weighted by molar-refractivity contribution is 5.45. The molecule has 100 valence electrons. The van der Waals surface area contributed by atoms with Gasteiger partial charge in [-0.1, -0.05) is 12.1 Å². The van der Waals surface area contributed by atoms with E-state index in [4.69, 9.17) is 0 Å². The third-order valence-electron chi connectivity index (χ3n) is 3.61. The van der Waals surface area contributed by atoms with Gasteiger partial charge >= 0.3 is 0 Å². The van der Waals surface area contributed by atoms with Gasteiger partial charge < -0.3 is 15.5 Å². The highest BCUT2D eigenvalue weighted by Gasteiger charge is 2.20. The molecule has 0 radical (unpaired) electrons. The number of aryl methyl sites for hydroxylation is 2. The number of β-amino-alcohol motifs (C(OH)–C–C–N with tert-alkyl or cyclic N) is 1. The molecular weight excluding hydrogens is 228 g/mol. The van der Waals surface area contributed by atoms with Crippen molar-refractivity contribution in [3.63, 3.8) is 0 Å². The zero-order valence-electron chi connectivity index (χ0n) is 11.1. The Hall–Kier alpha value is -1.10.